The van der Waals surface area contributed by atoms with E-state index in [4.69, 9.17) is 5.11 Å². The van der Waals surface area contributed by atoms with Crippen molar-refractivity contribution < 1.29 is 14.7 Å². The lowest BCUT2D eigenvalue weighted by atomic mass is 10.1. The van der Waals surface area contributed by atoms with Gasteiger partial charge < -0.3 is 10.0 Å². The van der Waals surface area contributed by atoms with Crippen molar-refractivity contribution >= 4 is 12.4 Å². The fourth-order valence-corrected chi connectivity index (χ4v) is 1.14. The Balaban J connectivity index is 4.58. The van der Waals surface area contributed by atoms with Gasteiger partial charge >= 0.3 is 5.97 Å². The molecule has 74 valence electrons. The minimum absolute atomic E-state index is 0.438. The van der Waals surface area contributed by atoms with Crippen LogP contribution in [0.25, 0.3) is 0 Å². The van der Waals surface area contributed by atoms with Gasteiger partial charge in [-0.2, -0.15) is 0 Å². The van der Waals surface area contributed by atoms with E-state index in [0.29, 0.717) is 18.5 Å². The molecule has 0 bridgehead atoms. The first-order valence-corrected chi connectivity index (χ1v) is 4.13. The highest BCUT2D eigenvalue weighted by atomic mass is 16.4. The summed E-state index contributed by atoms with van der Waals surface area (Å²) in [5, 5.41) is 8.81. The lowest BCUT2D eigenvalue weighted by Gasteiger charge is -2.24. The molecular weight excluding hydrogens is 170 g/mol. The molecule has 0 heterocycles. The molecule has 1 unspecified atom stereocenters. The van der Waals surface area contributed by atoms with Gasteiger partial charge in [0.15, 0.2) is 0 Å². The predicted octanol–water partition coefficient (Wildman–Crippen LogP) is 0.884. The van der Waals surface area contributed by atoms with Gasteiger partial charge in [0.2, 0.25) is 6.41 Å². The van der Waals surface area contributed by atoms with Gasteiger partial charge in [-0.15, -0.1) is 0 Å². The highest BCUT2D eigenvalue weighted by molar-refractivity contribution is 5.79. The molecule has 0 saturated heterocycles. The van der Waals surface area contributed by atoms with Crippen molar-refractivity contribution in [1.82, 2.24) is 4.90 Å². The summed E-state index contributed by atoms with van der Waals surface area (Å²) in [4.78, 5) is 22.6. The molecule has 0 saturated carbocycles. The molecule has 13 heavy (non-hydrogen) atoms. The molecule has 0 aliphatic heterocycles. The molecule has 1 N–H and O–H groups in total. The first-order chi connectivity index (χ1) is 6.04. The largest absolute Gasteiger partial charge is 0.479 e. The van der Waals surface area contributed by atoms with Crippen LogP contribution >= 0.6 is 0 Å². The van der Waals surface area contributed by atoms with Crippen molar-refractivity contribution in [3.05, 3.63) is 12.2 Å². The Morgan fingerprint density at radius 3 is 2.46 bits per heavy atom. The van der Waals surface area contributed by atoms with Gasteiger partial charge in [-0.05, 0) is 18.9 Å². The summed E-state index contributed by atoms with van der Waals surface area (Å²) in [7, 11) is 0. The third-order valence-corrected chi connectivity index (χ3v) is 1.65. The standard InChI is InChI=1S/C9H15NO3/c1-4-5-10(6-11)8(7(2)3)9(12)13/h6,8H,2,4-5H2,1,3H3,(H,12,13). The molecule has 0 rings (SSSR count). The topological polar surface area (TPSA) is 57.6 Å². The molecular formula is C9H15NO3. The summed E-state index contributed by atoms with van der Waals surface area (Å²) in [5.74, 6) is -1.03. The monoisotopic (exact) mass is 185 g/mol. The highest BCUT2D eigenvalue weighted by Crippen LogP contribution is 2.07. The van der Waals surface area contributed by atoms with Crippen molar-refractivity contribution in [3.8, 4) is 0 Å². The number of hydrogen-bond acceptors (Lipinski definition) is 2. The Kier molecular flexibility index (Phi) is 4.80. The second kappa shape index (κ2) is 5.35. The average Bonchev–Trinajstić information content (AvgIpc) is 2.02. The SMILES string of the molecule is C=C(C)C(C(=O)O)N(C=O)CCC. The summed E-state index contributed by atoms with van der Waals surface area (Å²) >= 11 is 0. The Hall–Kier alpha value is -1.32. The number of rotatable bonds is 6. The quantitative estimate of drug-likeness (QED) is 0.493. The van der Waals surface area contributed by atoms with Crippen LogP contribution in [0.5, 0.6) is 0 Å². The summed E-state index contributed by atoms with van der Waals surface area (Å²) in [6.07, 6.45) is 1.28. The van der Waals surface area contributed by atoms with Crippen LogP contribution in [0.2, 0.25) is 0 Å². The van der Waals surface area contributed by atoms with E-state index in [1.54, 1.807) is 6.92 Å². The van der Waals surface area contributed by atoms with Crippen LogP contribution in [0.4, 0.5) is 0 Å². The smallest absolute Gasteiger partial charge is 0.330 e. The van der Waals surface area contributed by atoms with Crippen LogP contribution < -0.4 is 0 Å². The van der Waals surface area contributed by atoms with Crippen LogP contribution in [0, 0.1) is 0 Å². The molecule has 1 atom stereocenters. The van der Waals surface area contributed by atoms with Crippen LogP contribution in [-0.4, -0.2) is 35.0 Å². The number of carboxylic acid groups (broad SMARTS) is 1. The molecule has 0 fully saturated rings. The Bertz CT molecular complexity index is 199. The van der Waals surface area contributed by atoms with E-state index in [2.05, 4.69) is 6.58 Å². The zero-order valence-electron chi connectivity index (χ0n) is 7.99. The summed E-state index contributed by atoms with van der Waals surface area (Å²) in [6, 6.07) is -0.891. The molecule has 0 aliphatic carbocycles. The van der Waals surface area contributed by atoms with E-state index in [-0.39, 0.29) is 0 Å². The molecule has 0 radical (unpaired) electrons. The number of hydrogen-bond donors (Lipinski definition) is 1. The summed E-state index contributed by atoms with van der Waals surface area (Å²) in [5.41, 5.74) is 0.466. The van der Waals surface area contributed by atoms with Crippen molar-refractivity contribution in [1.29, 1.82) is 0 Å². The maximum atomic E-state index is 10.8. The fraction of sp³-hybridized carbons (Fsp3) is 0.556. The highest BCUT2D eigenvalue weighted by Gasteiger charge is 2.24. The lowest BCUT2D eigenvalue weighted by Crippen LogP contribution is -2.41. The molecule has 0 aromatic rings. The van der Waals surface area contributed by atoms with Crippen LogP contribution in [0.15, 0.2) is 12.2 Å². The van der Waals surface area contributed by atoms with Crippen LogP contribution in [0.1, 0.15) is 20.3 Å². The maximum Gasteiger partial charge on any atom is 0.330 e. The minimum atomic E-state index is -1.03. The van der Waals surface area contributed by atoms with Crippen LogP contribution in [0.3, 0.4) is 0 Å². The van der Waals surface area contributed by atoms with Crippen molar-refractivity contribution in [2.24, 2.45) is 0 Å². The van der Waals surface area contributed by atoms with Crippen LogP contribution in [-0.2, 0) is 9.59 Å². The zero-order valence-corrected chi connectivity index (χ0v) is 7.99. The minimum Gasteiger partial charge on any atom is -0.479 e. The van der Waals surface area contributed by atoms with Crippen molar-refractivity contribution in [3.63, 3.8) is 0 Å². The first kappa shape index (κ1) is 11.7. The Morgan fingerprint density at radius 2 is 2.23 bits per heavy atom. The number of carbonyl (C=O) groups is 2. The number of amides is 1. The predicted molar refractivity (Wildman–Crippen MR) is 49.3 cm³/mol. The molecule has 0 aromatic heterocycles. The van der Waals surface area contributed by atoms with E-state index in [0.717, 1.165) is 6.42 Å². The zero-order chi connectivity index (χ0) is 10.4. The van der Waals surface area contributed by atoms with Gasteiger partial charge in [0.1, 0.15) is 6.04 Å². The number of carbonyl (C=O) groups excluding carboxylic acids is 1. The van der Waals surface area contributed by atoms with Gasteiger partial charge in [-0.1, -0.05) is 13.5 Å². The molecule has 4 heteroatoms. The van der Waals surface area contributed by atoms with Gasteiger partial charge in [0.05, 0.1) is 0 Å². The Labute approximate surface area is 77.8 Å². The molecule has 0 aliphatic rings. The van der Waals surface area contributed by atoms with E-state index >= 15 is 0 Å². The number of carboxylic acids is 1. The fourth-order valence-electron chi connectivity index (χ4n) is 1.14. The summed E-state index contributed by atoms with van der Waals surface area (Å²) in [6.45, 7) is 7.47. The average molecular weight is 185 g/mol. The lowest BCUT2D eigenvalue weighted by molar-refractivity contribution is -0.144. The Morgan fingerprint density at radius 1 is 1.69 bits per heavy atom. The van der Waals surface area contributed by atoms with Gasteiger partial charge in [0, 0.05) is 6.54 Å². The number of aliphatic carboxylic acids is 1. The van der Waals surface area contributed by atoms with Crippen molar-refractivity contribution in [2.75, 3.05) is 6.54 Å². The molecule has 0 spiro atoms. The van der Waals surface area contributed by atoms with E-state index in [1.807, 2.05) is 6.92 Å². The molecule has 0 aromatic carbocycles. The van der Waals surface area contributed by atoms with E-state index in [9.17, 15) is 9.59 Å². The van der Waals surface area contributed by atoms with Gasteiger partial charge in [0.25, 0.3) is 0 Å². The second-order valence-corrected chi connectivity index (χ2v) is 2.93. The number of nitrogens with zero attached hydrogens (tertiary/aromatic N) is 1. The van der Waals surface area contributed by atoms with E-state index < -0.39 is 12.0 Å². The second-order valence-electron chi connectivity index (χ2n) is 2.93. The van der Waals surface area contributed by atoms with Crippen molar-refractivity contribution in [2.45, 2.75) is 26.3 Å². The van der Waals surface area contributed by atoms with E-state index in [1.165, 1.54) is 4.90 Å². The molecule has 1 amide bonds. The van der Waals surface area contributed by atoms with Gasteiger partial charge in [-0.25, -0.2) is 4.79 Å². The molecule has 4 nitrogen and oxygen atoms in total. The summed E-state index contributed by atoms with van der Waals surface area (Å²) < 4.78 is 0. The third kappa shape index (κ3) is 3.27. The van der Waals surface area contributed by atoms with Gasteiger partial charge in [-0.3, -0.25) is 4.79 Å². The third-order valence-electron chi connectivity index (χ3n) is 1.65. The normalized spacial score (nSPS) is 11.8. The maximum absolute atomic E-state index is 10.8. The first-order valence-electron chi connectivity index (χ1n) is 4.13.